The number of anilines is 1. The van der Waals surface area contributed by atoms with Gasteiger partial charge in [0.1, 0.15) is 6.33 Å². The molecule has 114 valence electrons. The van der Waals surface area contributed by atoms with Gasteiger partial charge in [-0.25, -0.2) is 4.98 Å². The molecule has 1 heterocycles. The van der Waals surface area contributed by atoms with Crippen LogP contribution in [0.15, 0.2) is 73.1 Å². The van der Waals surface area contributed by atoms with Crippen molar-refractivity contribution in [3.8, 4) is 22.9 Å². The van der Waals surface area contributed by atoms with Crippen molar-refractivity contribution < 1.29 is 0 Å². The molecular weight excluding hydrogens is 296 g/mol. The molecular formula is C20H14N4. The highest BCUT2D eigenvalue weighted by Crippen LogP contribution is 2.32. The molecule has 4 heteroatoms. The molecule has 0 aliphatic heterocycles. The van der Waals surface area contributed by atoms with Crippen molar-refractivity contribution in [2.24, 2.45) is 0 Å². The molecule has 0 fully saturated rings. The topological polar surface area (TPSA) is 67.6 Å². The SMILES string of the molecule is N#Cc1cc(-c2cccc(N)c2)c2c(c1)ncn2-c1ccccc1. The van der Waals surface area contributed by atoms with Crippen molar-refractivity contribution in [1.82, 2.24) is 9.55 Å². The zero-order valence-electron chi connectivity index (χ0n) is 12.8. The fourth-order valence-electron chi connectivity index (χ4n) is 2.92. The number of fused-ring (bicyclic) bond motifs is 1. The van der Waals surface area contributed by atoms with Crippen LogP contribution in [0.3, 0.4) is 0 Å². The van der Waals surface area contributed by atoms with Crippen molar-refractivity contribution >= 4 is 16.7 Å². The summed E-state index contributed by atoms with van der Waals surface area (Å²) in [5.74, 6) is 0. The quantitative estimate of drug-likeness (QED) is 0.566. The molecule has 0 spiro atoms. The highest BCUT2D eigenvalue weighted by Gasteiger charge is 2.13. The van der Waals surface area contributed by atoms with Gasteiger partial charge in [-0.05, 0) is 42.0 Å². The van der Waals surface area contributed by atoms with Crippen LogP contribution < -0.4 is 5.73 Å². The molecule has 4 rings (SSSR count). The van der Waals surface area contributed by atoms with Crippen LogP contribution in [0.25, 0.3) is 27.8 Å². The van der Waals surface area contributed by atoms with E-state index in [4.69, 9.17) is 5.73 Å². The number of aromatic nitrogens is 2. The number of hydrogen-bond donors (Lipinski definition) is 1. The molecule has 2 N–H and O–H groups in total. The molecule has 0 radical (unpaired) electrons. The number of nitrogens with zero attached hydrogens (tertiary/aromatic N) is 3. The summed E-state index contributed by atoms with van der Waals surface area (Å²) in [4.78, 5) is 4.49. The summed E-state index contributed by atoms with van der Waals surface area (Å²) in [6, 6.07) is 23.6. The molecule has 4 aromatic rings. The lowest BCUT2D eigenvalue weighted by molar-refractivity contribution is 1.09. The van der Waals surface area contributed by atoms with E-state index in [1.54, 1.807) is 6.33 Å². The lowest BCUT2D eigenvalue weighted by Crippen LogP contribution is -1.94. The fraction of sp³-hybridized carbons (Fsp3) is 0. The van der Waals surface area contributed by atoms with E-state index in [1.165, 1.54) is 0 Å². The van der Waals surface area contributed by atoms with Gasteiger partial charge < -0.3 is 5.73 Å². The first kappa shape index (κ1) is 14.0. The summed E-state index contributed by atoms with van der Waals surface area (Å²) < 4.78 is 2.04. The Hall–Kier alpha value is -3.58. The minimum atomic E-state index is 0.582. The van der Waals surface area contributed by atoms with Crippen LogP contribution in [0, 0.1) is 11.3 Å². The largest absolute Gasteiger partial charge is 0.399 e. The summed E-state index contributed by atoms with van der Waals surface area (Å²) >= 11 is 0. The van der Waals surface area contributed by atoms with Gasteiger partial charge in [-0.1, -0.05) is 30.3 Å². The molecule has 0 atom stereocenters. The van der Waals surface area contributed by atoms with E-state index >= 15 is 0 Å². The molecule has 0 aliphatic carbocycles. The van der Waals surface area contributed by atoms with Gasteiger partial charge in [0.25, 0.3) is 0 Å². The first-order valence-electron chi connectivity index (χ1n) is 7.59. The maximum Gasteiger partial charge on any atom is 0.100 e. The number of nitrogen functional groups attached to an aromatic ring is 1. The molecule has 0 bridgehead atoms. The number of rotatable bonds is 2. The third-order valence-electron chi connectivity index (χ3n) is 4.00. The van der Waals surface area contributed by atoms with Crippen molar-refractivity contribution in [3.05, 3.63) is 78.6 Å². The van der Waals surface area contributed by atoms with E-state index in [9.17, 15) is 5.26 Å². The summed E-state index contributed by atoms with van der Waals surface area (Å²) in [7, 11) is 0. The van der Waals surface area contributed by atoms with E-state index in [0.29, 0.717) is 11.3 Å². The number of benzene rings is 3. The van der Waals surface area contributed by atoms with Crippen LogP contribution >= 0.6 is 0 Å². The number of imidazole rings is 1. The molecule has 0 saturated heterocycles. The minimum Gasteiger partial charge on any atom is -0.399 e. The van der Waals surface area contributed by atoms with Gasteiger partial charge in [-0.3, -0.25) is 4.57 Å². The van der Waals surface area contributed by atoms with Crippen LogP contribution in [0.4, 0.5) is 5.69 Å². The average Bonchev–Trinajstić information content (AvgIpc) is 3.05. The lowest BCUT2D eigenvalue weighted by atomic mass is 10.0. The zero-order chi connectivity index (χ0) is 16.5. The maximum absolute atomic E-state index is 9.34. The van der Waals surface area contributed by atoms with E-state index in [-0.39, 0.29) is 0 Å². The summed E-state index contributed by atoms with van der Waals surface area (Å²) in [5.41, 5.74) is 11.9. The zero-order valence-corrected chi connectivity index (χ0v) is 12.8. The second-order valence-electron chi connectivity index (χ2n) is 5.58. The summed E-state index contributed by atoms with van der Waals surface area (Å²) in [6.07, 6.45) is 1.79. The van der Waals surface area contributed by atoms with Crippen LogP contribution in [0.5, 0.6) is 0 Å². The van der Waals surface area contributed by atoms with Gasteiger partial charge >= 0.3 is 0 Å². The Morgan fingerprint density at radius 2 is 1.79 bits per heavy atom. The first-order chi connectivity index (χ1) is 11.8. The van der Waals surface area contributed by atoms with E-state index in [1.807, 2.05) is 71.3 Å². The highest BCUT2D eigenvalue weighted by molar-refractivity contribution is 5.95. The number of nitrogens with two attached hydrogens (primary N) is 1. The van der Waals surface area contributed by atoms with Crippen LogP contribution in [-0.4, -0.2) is 9.55 Å². The van der Waals surface area contributed by atoms with Gasteiger partial charge in [0.05, 0.1) is 22.7 Å². The highest BCUT2D eigenvalue weighted by atomic mass is 15.0. The van der Waals surface area contributed by atoms with Gasteiger partial charge in [0.2, 0.25) is 0 Å². The summed E-state index contributed by atoms with van der Waals surface area (Å²) in [6.45, 7) is 0. The Bertz CT molecular complexity index is 1070. The first-order valence-corrected chi connectivity index (χ1v) is 7.59. The molecule has 0 amide bonds. The second-order valence-corrected chi connectivity index (χ2v) is 5.58. The third-order valence-corrected chi connectivity index (χ3v) is 4.00. The van der Waals surface area contributed by atoms with Crippen LogP contribution in [0.2, 0.25) is 0 Å². The van der Waals surface area contributed by atoms with Crippen LogP contribution in [0.1, 0.15) is 5.56 Å². The number of nitriles is 1. The van der Waals surface area contributed by atoms with E-state index < -0.39 is 0 Å². The predicted octanol–water partition coefficient (Wildman–Crippen LogP) is 4.15. The lowest BCUT2D eigenvalue weighted by Gasteiger charge is -2.10. The fourth-order valence-corrected chi connectivity index (χ4v) is 2.92. The predicted molar refractivity (Wildman–Crippen MR) is 95.6 cm³/mol. The molecule has 3 aromatic carbocycles. The Morgan fingerprint density at radius 3 is 2.54 bits per heavy atom. The maximum atomic E-state index is 9.34. The van der Waals surface area contributed by atoms with E-state index in [0.717, 1.165) is 27.8 Å². The molecule has 1 aromatic heterocycles. The van der Waals surface area contributed by atoms with Crippen molar-refractivity contribution in [3.63, 3.8) is 0 Å². The van der Waals surface area contributed by atoms with Crippen molar-refractivity contribution in [1.29, 1.82) is 5.26 Å². The van der Waals surface area contributed by atoms with E-state index in [2.05, 4.69) is 11.1 Å². The minimum absolute atomic E-state index is 0.582. The molecule has 0 aliphatic rings. The molecule has 4 nitrogen and oxygen atoms in total. The second kappa shape index (κ2) is 5.56. The summed E-state index contributed by atoms with van der Waals surface area (Å²) in [5, 5.41) is 9.34. The van der Waals surface area contributed by atoms with Crippen molar-refractivity contribution in [2.75, 3.05) is 5.73 Å². The Kier molecular flexibility index (Phi) is 3.25. The normalized spacial score (nSPS) is 10.6. The van der Waals surface area contributed by atoms with Crippen molar-refractivity contribution in [2.45, 2.75) is 0 Å². The molecule has 0 saturated carbocycles. The van der Waals surface area contributed by atoms with Gasteiger partial charge in [0, 0.05) is 16.9 Å². The number of hydrogen-bond acceptors (Lipinski definition) is 3. The van der Waals surface area contributed by atoms with Crippen LogP contribution in [-0.2, 0) is 0 Å². The average molecular weight is 310 g/mol. The Morgan fingerprint density at radius 1 is 0.958 bits per heavy atom. The standard InChI is InChI=1S/C20H14N4/c21-12-14-9-18(15-5-4-6-16(22)11-15)20-19(10-14)23-13-24(20)17-7-2-1-3-8-17/h1-11,13H,22H2. The van der Waals surface area contributed by atoms with Gasteiger partial charge in [0.15, 0.2) is 0 Å². The third kappa shape index (κ3) is 2.29. The smallest absolute Gasteiger partial charge is 0.100 e. The number of para-hydroxylation sites is 1. The Labute approximate surface area is 139 Å². The van der Waals surface area contributed by atoms with Gasteiger partial charge in [-0.15, -0.1) is 0 Å². The molecule has 0 unspecified atom stereocenters. The van der Waals surface area contributed by atoms with Gasteiger partial charge in [-0.2, -0.15) is 5.26 Å². The molecule has 24 heavy (non-hydrogen) atoms. The monoisotopic (exact) mass is 310 g/mol. The Balaban J connectivity index is 2.07.